The number of rotatable bonds is 5. The Morgan fingerprint density at radius 2 is 1.50 bits per heavy atom. The third-order valence-corrected chi connectivity index (χ3v) is 5.30. The van der Waals surface area contributed by atoms with Crippen molar-refractivity contribution in [1.29, 1.82) is 0 Å². The Balaban J connectivity index is 0.000000312. The molecule has 4 rings (SSSR count). The third kappa shape index (κ3) is 6.91. The van der Waals surface area contributed by atoms with E-state index in [1.165, 1.54) is 6.07 Å². The molecule has 32 heavy (non-hydrogen) atoms. The monoisotopic (exact) mass is 462 g/mol. The molecule has 0 saturated carbocycles. The molecule has 4 aromatic carbocycles. The molecular formula is C24H24NaO6P. The van der Waals surface area contributed by atoms with Crippen LogP contribution < -0.4 is 34.1 Å². The molecule has 0 saturated heterocycles. The van der Waals surface area contributed by atoms with E-state index in [1.54, 1.807) is 12.1 Å². The van der Waals surface area contributed by atoms with Gasteiger partial charge in [0.1, 0.15) is 5.75 Å². The number of fused-ring (bicyclic) bond motifs is 2. The zero-order chi connectivity index (χ0) is 22.4. The molecule has 0 radical (unpaired) electrons. The fraction of sp³-hybridized carbons (Fsp3) is 0.125. The van der Waals surface area contributed by atoms with Gasteiger partial charge in [-0.1, -0.05) is 79.7 Å². The number of benzene rings is 4. The van der Waals surface area contributed by atoms with Crippen LogP contribution in [0.3, 0.4) is 0 Å². The average molecular weight is 462 g/mol. The van der Waals surface area contributed by atoms with Crippen LogP contribution in [0, 0.1) is 0 Å². The van der Waals surface area contributed by atoms with Gasteiger partial charge in [-0.05, 0) is 45.7 Å². The van der Waals surface area contributed by atoms with Crippen molar-refractivity contribution in [2.24, 2.45) is 0 Å². The normalized spacial score (nSPS) is 11.7. The standard InChI is InChI=1S/C14H14O2.C10H9O4P.Na.H/c1-2-11(14(15)16)13-9-5-7-10-6-3-4-8-12(10)13;11-15(12,13)14-10-6-5-8-3-1-2-4-9(8)7-10;;/h3-9,11H,2H2,1H3,(H,15,16);1-7H,(H2,11,12,13);;/q;;+1;-1. The first-order chi connectivity index (χ1) is 14.8. The Morgan fingerprint density at radius 3 is 2.12 bits per heavy atom. The molecule has 0 bridgehead atoms. The van der Waals surface area contributed by atoms with E-state index in [2.05, 4.69) is 4.52 Å². The van der Waals surface area contributed by atoms with Gasteiger partial charge in [0.05, 0.1) is 5.92 Å². The second kappa shape index (κ2) is 11.6. The summed E-state index contributed by atoms with van der Waals surface area (Å²) in [4.78, 5) is 28.4. The second-order valence-corrected chi connectivity index (χ2v) is 8.12. The van der Waals surface area contributed by atoms with Crippen LogP contribution in [0.5, 0.6) is 5.75 Å². The van der Waals surface area contributed by atoms with Gasteiger partial charge in [0.2, 0.25) is 0 Å². The molecule has 0 aliphatic rings. The van der Waals surface area contributed by atoms with E-state index < -0.39 is 19.7 Å². The first-order valence-corrected chi connectivity index (χ1v) is 11.3. The average Bonchev–Trinajstić information content (AvgIpc) is 2.73. The van der Waals surface area contributed by atoms with Crippen LogP contribution in [-0.2, 0) is 9.36 Å². The number of carboxylic acids is 1. The zero-order valence-electron chi connectivity index (χ0n) is 18.9. The molecule has 3 N–H and O–H groups in total. The maximum atomic E-state index is 11.2. The van der Waals surface area contributed by atoms with Gasteiger partial charge in [0.25, 0.3) is 0 Å². The molecular weight excluding hydrogens is 438 g/mol. The van der Waals surface area contributed by atoms with Crippen molar-refractivity contribution in [2.45, 2.75) is 19.3 Å². The third-order valence-electron chi connectivity index (χ3n) is 4.85. The predicted molar refractivity (Wildman–Crippen MR) is 122 cm³/mol. The molecule has 0 heterocycles. The molecule has 8 heteroatoms. The van der Waals surface area contributed by atoms with E-state index >= 15 is 0 Å². The smallest absolute Gasteiger partial charge is 1.00 e. The molecule has 0 aliphatic heterocycles. The van der Waals surface area contributed by atoms with E-state index in [4.69, 9.17) is 9.79 Å². The summed E-state index contributed by atoms with van der Waals surface area (Å²) < 4.78 is 15.1. The van der Waals surface area contributed by atoms with Crippen molar-refractivity contribution >= 4 is 35.3 Å². The van der Waals surface area contributed by atoms with Gasteiger partial charge in [-0.3, -0.25) is 14.6 Å². The molecule has 4 aromatic rings. The van der Waals surface area contributed by atoms with Gasteiger partial charge in [0.15, 0.2) is 0 Å². The summed E-state index contributed by atoms with van der Waals surface area (Å²) in [6.45, 7) is 1.90. The molecule has 0 aliphatic carbocycles. The van der Waals surface area contributed by atoms with Crippen LogP contribution in [0.1, 0.15) is 26.3 Å². The number of carboxylic acid groups (broad SMARTS) is 1. The van der Waals surface area contributed by atoms with Crippen LogP contribution in [0.4, 0.5) is 0 Å². The van der Waals surface area contributed by atoms with Crippen molar-refractivity contribution in [3.63, 3.8) is 0 Å². The predicted octanol–water partition coefficient (Wildman–Crippen LogP) is 2.85. The molecule has 0 spiro atoms. The van der Waals surface area contributed by atoms with Gasteiger partial charge in [-0.15, -0.1) is 0 Å². The van der Waals surface area contributed by atoms with Gasteiger partial charge in [-0.2, -0.15) is 0 Å². The van der Waals surface area contributed by atoms with Crippen molar-refractivity contribution < 1.29 is 59.8 Å². The van der Waals surface area contributed by atoms with Crippen LogP contribution in [0.2, 0.25) is 0 Å². The van der Waals surface area contributed by atoms with Crippen LogP contribution >= 0.6 is 7.82 Å². The number of hydrogen-bond donors (Lipinski definition) is 3. The molecule has 162 valence electrons. The minimum atomic E-state index is -4.47. The summed E-state index contributed by atoms with van der Waals surface area (Å²) in [5.41, 5.74) is 0.910. The van der Waals surface area contributed by atoms with E-state index in [1.807, 2.05) is 73.7 Å². The fourth-order valence-corrected chi connectivity index (χ4v) is 3.83. The molecule has 0 amide bonds. The van der Waals surface area contributed by atoms with Crippen molar-refractivity contribution in [3.8, 4) is 5.75 Å². The fourth-order valence-electron chi connectivity index (χ4n) is 3.44. The zero-order valence-corrected chi connectivity index (χ0v) is 20.8. The number of phosphoric acid groups is 1. The Morgan fingerprint density at radius 1 is 0.906 bits per heavy atom. The molecule has 0 fully saturated rings. The Hall–Kier alpha value is -2.18. The first-order valence-electron chi connectivity index (χ1n) is 9.73. The SMILES string of the molecule is CCC(C(=O)O)c1cccc2ccccc12.O=P(O)(O)Oc1ccc2ccccc2c1.[H-].[Na+]. The molecule has 6 nitrogen and oxygen atoms in total. The Bertz CT molecular complexity index is 1250. The number of carbonyl (C=O) groups is 1. The Labute approximate surface area is 209 Å². The summed E-state index contributed by atoms with van der Waals surface area (Å²) >= 11 is 0. The first kappa shape index (κ1) is 26.1. The maximum absolute atomic E-state index is 11.2. The van der Waals surface area contributed by atoms with Crippen molar-refractivity contribution in [3.05, 3.63) is 90.5 Å². The topological polar surface area (TPSA) is 104 Å². The van der Waals surface area contributed by atoms with E-state index in [9.17, 15) is 14.5 Å². The van der Waals surface area contributed by atoms with Crippen LogP contribution in [-0.4, -0.2) is 20.9 Å². The maximum Gasteiger partial charge on any atom is 1.00 e. The molecule has 0 aromatic heterocycles. The van der Waals surface area contributed by atoms with Gasteiger partial charge >= 0.3 is 43.3 Å². The Kier molecular flexibility index (Phi) is 9.47. The summed E-state index contributed by atoms with van der Waals surface area (Å²) in [7, 11) is -4.47. The quantitative estimate of drug-likeness (QED) is 0.311. The van der Waals surface area contributed by atoms with Gasteiger partial charge in [0, 0.05) is 0 Å². The number of hydrogen-bond acceptors (Lipinski definition) is 3. The molecule has 1 unspecified atom stereocenters. The van der Waals surface area contributed by atoms with E-state index in [0.29, 0.717) is 6.42 Å². The minimum absolute atomic E-state index is 0. The summed E-state index contributed by atoms with van der Waals surface area (Å²) in [5.74, 6) is -0.994. The van der Waals surface area contributed by atoms with Crippen molar-refractivity contribution in [1.82, 2.24) is 0 Å². The summed E-state index contributed by atoms with van der Waals surface area (Å²) in [6.07, 6.45) is 0.614. The number of aliphatic carboxylic acids is 1. The van der Waals surface area contributed by atoms with E-state index in [0.717, 1.165) is 27.1 Å². The van der Waals surface area contributed by atoms with Crippen molar-refractivity contribution in [2.75, 3.05) is 0 Å². The number of phosphoric ester groups is 1. The second-order valence-electron chi connectivity index (χ2n) is 6.96. The van der Waals surface area contributed by atoms with Gasteiger partial charge in [-0.25, -0.2) is 4.57 Å². The summed E-state index contributed by atoms with van der Waals surface area (Å²) in [5, 5.41) is 13.2. The van der Waals surface area contributed by atoms with Crippen LogP contribution in [0.15, 0.2) is 84.9 Å². The minimum Gasteiger partial charge on any atom is -1.00 e. The summed E-state index contributed by atoms with van der Waals surface area (Å²) in [6, 6.07) is 26.1. The molecule has 1 atom stereocenters. The van der Waals surface area contributed by atoms with Crippen LogP contribution in [0.25, 0.3) is 21.5 Å². The van der Waals surface area contributed by atoms with E-state index in [-0.39, 0.29) is 36.7 Å². The van der Waals surface area contributed by atoms with Gasteiger partial charge < -0.3 is 11.1 Å². The largest absolute Gasteiger partial charge is 1.00 e.